The fourth-order valence-corrected chi connectivity index (χ4v) is 3.14. The fraction of sp³-hybridized carbons (Fsp3) is 0.600. The van der Waals surface area contributed by atoms with Crippen molar-refractivity contribution in [2.24, 2.45) is 5.73 Å². The van der Waals surface area contributed by atoms with Crippen LogP contribution in [0.4, 0.5) is 0 Å². The van der Waals surface area contributed by atoms with Crippen LogP contribution in [-0.4, -0.2) is 41.1 Å². The Morgan fingerprint density at radius 2 is 2.22 bits per heavy atom. The van der Waals surface area contributed by atoms with Crippen LogP contribution in [0, 0.1) is 12.3 Å². The first kappa shape index (κ1) is 14.7. The first-order chi connectivity index (χ1) is 8.25. The van der Waals surface area contributed by atoms with Crippen LogP contribution in [0.1, 0.15) is 26.1 Å². The van der Waals surface area contributed by atoms with E-state index in [9.17, 15) is 8.42 Å². The Balaban J connectivity index is 3.01. The third kappa shape index (κ3) is 3.30. The summed E-state index contributed by atoms with van der Waals surface area (Å²) in [5.74, 6) is 0.514. The summed E-state index contributed by atoms with van der Waals surface area (Å²) in [5, 5.41) is 7.24. The van der Waals surface area contributed by atoms with Crippen molar-refractivity contribution in [3.63, 3.8) is 0 Å². The molecule has 18 heavy (non-hydrogen) atoms. The summed E-state index contributed by atoms with van der Waals surface area (Å²) in [4.78, 5) is 6.61. The molecule has 7 nitrogen and oxygen atoms in total. The molecule has 0 radical (unpaired) electrons. The summed E-state index contributed by atoms with van der Waals surface area (Å²) in [6.45, 7) is 5.43. The molecule has 0 saturated carbocycles. The highest BCUT2D eigenvalue weighted by molar-refractivity contribution is 7.89. The lowest BCUT2D eigenvalue weighted by Gasteiger charge is -2.24. The second-order valence-electron chi connectivity index (χ2n) is 4.32. The lowest BCUT2D eigenvalue weighted by atomic mass is 10.3. The molecule has 0 bridgehead atoms. The number of hydrogen-bond acceptors (Lipinski definition) is 4. The SMILES string of the molecule is Cc1ncc(S(=O)(=O)N(CCC(=N)N)C(C)C)[nH]1. The summed E-state index contributed by atoms with van der Waals surface area (Å²) >= 11 is 0. The van der Waals surface area contributed by atoms with Crippen LogP contribution in [0.25, 0.3) is 0 Å². The molecule has 0 aliphatic rings. The molecule has 0 saturated heterocycles. The molecule has 0 amide bonds. The van der Waals surface area contributed by atoms with Crippen LogP contribution < -0.4 is 5.73 Å². The average molecular weight is 273 g/mol. The van der Waals surface area contributed by atoms with Gasteiger partial charge < -0.3 is 10.7 Å². The maximum absolute atomic E-state index is 12.3. The Bertz CT molecular complexity index is 520. The number of nitrogens with one attached hydrogen (secondary N) is 2. The molecule has 1 aromatic rings. The van der Waals surface area contributed by atoms with Gasteiger partial charge >= 0.3 is 0 Å². The predicted molar refractivity (Wildman–Crippen MR) is 68.9 cm³/mol. The Morgan fingerprint density at radius 3 is 2.61 bits per heavy atom. The smallest absolute Gasteiger partial charge is 0.260 e. The van der Waals surface area contributed by atoms with Crippen molar-refractivity contribution in [2.75, 3.05) is 6.54 Å². The van der Waals surface area contributed by atoms with E-state index in [0.717, 1.165) is 0 Å². The van der Waals surface area contributed by atoms with Crippen LogP contribution >= 0.6 is 0 Å². The minimum Gasteiger partial charge on any atom is -0.388 e. The van der Waals surface area contributed by atoms with Crippen molar-refractivity contribution in [2.45, 2.75) is 38.3 Å². The Labute approximate surface area is 107 Å². The van der Waals surface area contributed by atoms with Gasteiger partial charge in [-0.2, -0.15) is 4.31 Å². The predicted octanol–water partition coefficient (Wildman–Crippen LogP) is 0.443. The van der Waals surface area contributed by atoms with E-state index in [4.69, 9.17) is 11.1 Å². The third-order valence-corrected chi connectivity index (χ3v) is 4.43. The van der Waals surface area contributed by atoms with Crippen LogP contribution in [-0.2, 0) is 10.0 Å². The minimum atomic E-state index is -3.61. The summed E-state index contributed by atoms with van der Waals surface area (Å²) < 4.78 is 26.0. The molecule has 8 heteroatoms. The van der Waals surface area contributed by atoms with Crippen molar-refractivity contribution < 1.29 is 8.42 Å². The van der Waals surface area contributed by atoms with Gasteiger partial charge in [0.25, 0.3) is 10.0 Å². The number of hydrogen-bond donors (Lipinski definition) is 3. The normalized spacial score (nSPS) is 12.3. The highest BCUT2D eigenvalue weighted by atomic mass is 32.2. The first-order valence-corrected chi connectivity index (χ1v) is 7.05. The van der Waals surface area contributed by atoms with Crippen molar-refractivity contribution in [1.82, 2.24) is 14.3 Å². The highest BCUT2D eigenvalue weighted by Gasteiger charge is 2.28. The molecule has 0 spiro atoms. The maximum atomic E-state index is 12.3. The minimum absolute atomic E-state index is 0.0309. The number of H-pyrrole nitrogens is 1. The van der Waals surface area contributed by atoms with E-state index in [1.165, 1.54) is 10.5 Å². The standard InChI is InChI=1S/C10H19N5O2S/c1-7(2)15(5-4-9(11)12)18(16,17)10-6-13-8(3)14-10/h6-7H,4-5H2,1-3H3,(H3,11,12)(H,13,14). The van der Waals surface area contributed by atoms with Gasteiger partial charge in [-0.25, -0.2) is 13.4 Å². The van der Waals surface area contributed by atoms with Gasteiger partial charge in [-0.1, -0.05) is 0 Å². The highest BCUT2D eigenvalue weighted by Crippen LogP contribution is 2.16. The number of aromatic nitrogens is 2. The molecule has 1 heterocycles. The Morgan fingerprint density at radius 1 is 1.61 bits per heavy atom. The van der Waals surface area contributed by atoms with Crippen molar-refractivity contribution in [3.8, 4) is 0 Å². The largest absolute Gasteiger partial charge is 0.388 e. The number of nitrogens with two attached hydrogens (primary N) is 1. The van der Waals surface area contributed by atoms with Crippen molar-refractivity contribution in [1.29, 1.82) is 5.41 Å². The summed E-state index contributed by atoms with van der Waals surface area (Å²) in [6, 6.07) is -0.210. The van der Waals surface area contributed by atoms with E-state index in [0.29, 0.717) is 5.82 Å². The van der Waals surface area contributed by atoms with E-state index in [1.54, 1.807) is 20.8 Å². The number of aryl methyl sites for hydroxylation is 1. The van der Waals surface area contributed by atoms with Gasteiger partial charge in [0.05, 0.1) is 12.0 Å². The molecule has 1 aromatic heterocycles. The van der Waals surface area contributed by atoms with E-state index in [-0.39, 0.29) is 29.9 Å². The number of nitrogens with zero attached hydrogens (tertiary/aromatic N) is 2. The lowest BCUT2D eigenvalue weighted by molar-refractivity contribution is 0.360. The Kier molecular flexibility index (Phi) is 4.47. The van der Waals surface area contributed by atoms with Gasteiger partial charge in [0, 0.05) is 19.0 Å². The zero-order valence-corrected chi connectivity index (χ0v) is 11.6. The monoisotopic (exact) mass is 273 g/mol. The van der Waals surface area contributed by atoms with Crippen LogP contribution in [0.3, 0.4) is 0 Å². The number of rotatable bonds is 6. The molecule has 0 aliphatic carbocycles. The number of sulfonamides is 1. The van der Waals surface area contributed by atoms with Gasteiger partial charge in [-0.15, -0.1) is 0 Å². The molecule has 0 unspecified atom stereocenters. The number of amidine groups is 1. The van der Waals surface area contributed by atoms with Gasteiger partial charge in [0.1, 0.15) is 5.82 Å². The zero-order valence-electron chi connectivity index (χ0n) is 10.8. The van der Waals surface area contributed by atoms with Gasteiger partial charge in [-0.05, 0) is 20.8 Å². The first-order valence-electron chi connectivity index (χ1n) is 5.61. The van der Waals surface area contributed by atoms with E-state index in [1.807, 2.05) is 0 Å². The van der Waals surface area contributed by atoms with Gasteiger partial charge in [0.15, 0.2) is 5.03 Å². The van der Waals surface area contributed by atoms with E-state index < -0.39 is 10.0 Å². The topological polar surface area (TPSA) is 116 Å². The molecule has 4 N–H and O–H groups in total. The van der Waals surface area contributed by atoms with Gasteiger partial charge in [0.2, 0.25) is 0 Å². The fourth-order valence-electron chi connectivity index (χ4n) is 1.54. The Hall–Kier alpha value is -1.41. The second kappa shape index (κ2) is 5.49. The van der Waals surface area contributed by atoms with Crippen molar-refractivity contribution in [3.05, 3.63) is 12.0 Å². The number of imidazole rings is 1. The number of aromatic amines is 1. The third-order valence-electron chi connectivity index (χ3n) is 2.44. The van der Waals surface area contributed by atoms with Crippen molar-refractivity contribution >= 4 is 15.9 Å². The second-order valence-corrected chi connectivity index (χ2v) is 6.18. The average Bonchev–Trinajstić information content (AvgIpc) is 2.64. The molecule has 0 atom stereocenters. The van der Waals surface area contributed by atoms with Crippen LogP contribution in [0.2, 0.25) is 0 Å². The van der Waals surface area contributed by atoms with Crippen LogP contribution in [0.5, 0.6) is 0 Å². The molecule has 0 aromatic carbocycles. The molecule has 0 aliphatic heterocycles. The quantitative estimate of drug-likeness (QED) is 0.515. The molecule has 102 valence electrons. The van der Waals surface area contributed by atoms with E-state index >= 15 is 0 Å². The molecular formula is C10H19N5O2S. The summed E-state index contributed by atoms with van der Waals surface area (Å²) in [6.07, 6.45) is 1.51. The summed E-state index contributed by atoms with van der Waals surface area (Å²) in [5.41, 5.74) is 5.27. The zero-order chi connectivity index (χ0) is 13.9. The van der Waals surface area contributed by atoms with Gasteiger partial charge in [-0.3, -0.25) is 5.41 Å². The van der Waals surface area contributed by atoms with E-state index in [2.05, 4.69) is 9.97 Å². The molecule has 1 rings (SSSR count). The summed E-state index contributed by atoms with van der Waals surface area (Å²) in [7, 11) is -3.61. The molecule has 0 fully saturated rings. The molecular weight excluding hydrogens is 254 g/mol. The van der Waals surface area contributed by atoms with Crippen LogP contribution in [0.15, 0.2) is 11.2 Å². The maximum Gasteiger partial charge on any atom is 0.260 e. The lowest BCUT2D eigenvalue weighted by Crippen LogP contribution is -2.39.